The number of anilines is 1. The second-order valence-electron chi connectivity index (χ2n) is 5.57. The fraction of sp³-hybridized carbons (Fsp3) is 0.438. The zero-order valence-corrected chi connectivity index (χ0v) is 12.7. The van der Waals surface area contributed by atoms with Gasteiger partial charge in [-0.05, 0) is 31.7 Å². The van der Waals surface area contributed by atoms with Crippen molar-refractivity contribution in [3.05, 3.63) is 45.6 Å². The summed E-state index contributed by atoms with van der Waals surface area (Å²) in [6, 6.07) is 6.78. The molecule has 22 heavy (non-hydrogen) atoms. The van der Waals surface area contributed by atoms with E-state index in [1.807, 2.05) is 6.07 Å². The topological polar surface area (TPSA) is 73.0 Å². The summed E-state index contributed by atoms with van der Waals surface area (Å²) in [5.74, 6) is 0.926. The second-order valence-corrected chi connectivity index (χ2v) is 5.57. The molecule has 3 rings (SSSR count). The standard InChI is InChI=1S/C16H20N4O2/c1-2-7-13-12-8-5-6-11-17-16(12)19(18-13)14-9-3-4-10-15(14)20(21)22/h3-4,9-10,17H,2,5-8,11H2,1H3. The molecule has 0 fully saturated rings. The highest BCUT2D eigenvalue weighted by Gasteiger charge is 2.24. The Bertz CT molecular complexity index is 693. The molecule has 6 nitrogen and oxygen atoms in total. The van der Waals surface area contributed by atoms with E-state index in [1.54, 1.807) is 16.8 Å². The van der Waals surface area contributed by atoms with E-state index in [4.69, 9.17) is 0 Å². The fourth-order valence-electron chi connectivity index (χ4n) is 2.98. The van der Waals surface area contributed by atoms with Crippen LogP contribution >= 0.6 is 0 Å². The SMILES string of the molecule is CCCc1nn(-c2ccccc2[N+](=O)[O-])c2c1CCCCN2. The summed E-state index contributed by atoms with van der Waals surface area (Å²) in [5.41, 5.74) is 2.89. The van der Waals surface area contributed by atoms with E-state index in [-0.39, 0.29) is 10.6 Å². The zero-order chi connectivity index (χ0) is 15.5. The molecular weight excluding hydrogens is 280 g/mol. The van der Waals surface area contributed by atoms with Gasteiger partial charge in [0, 0.05) is 18.2 Å². The Morgan fingerprint density at radius 3 is 2.95 bits per heavy atom. The minimum Gasteiger partial charge on any atom is -0.370 e. The van der Waals surface area contributed by atoms with Gasteiger partial charge in [-0.2, -0.15) is 5.10 Å². The minimum absolute atomic E-state index is 0.0851. The first kappa shape index (κ1) is 14.6. The predicted molar refractivity (Wildman–Crippen MR) is 85.6 cm³/mol. The van der Waals surface area contributed by atoms with Gasteiger partial charge in [0.25, 0.3) is 5.69 Å². The van der Waals surface area contributed by atoms with Crippen LogP contribution in [-0.2, 0) is 12.8 Å². The lowest BCUT2D eigenvalue weighted by atomic mass is 10.1. The number of para-hydroxylation sites is 2. The lowest BCUT2D eigenvalue weighted by Crippen LogP contribution is -2.08. The number of benzene rings is 1. The number of nitro benzene ring substituents is 1. The molecule has 1 N–H and O–H groups in total. The smallest absolute Gasteiger partial charge is 0.294 e. The first-order valence-electron chi connectivity index (χ1n) is 7.80. The summed E-state index contributed by atoms with van der Waals surface area (Å²) in [4.78, 5) is 11.0. The summed E-state index contributed by atoms with van der Waals surface area (Å²) in [6.45, 7) is 3.01. The van der Waals surface area contributed by atoms with E-state index in [2.05, 4.69) is 17.3 Å². The maximum Gasteiger partial charge on any atom is 0.294 e. The molecule has 1 aliphatic rings. The molecule has 0 amide bonds. The molecule has 0 saturated carbocycles. The minimum atomic E-state index is -0.348. The van der Waals surface area contributed by atoms with Crippen LogP contribution in [0.5, 0.6) is 0 Å². The lowest BCUT2D eigenvalue weighted by molar-refractivity contribution is -0.384. The molecule has 0 unspecified atom stereocenters. The van der Waals surface area contributed by atoms with Crippen molar-refractivity contribution >= 4 is 11.5 Å². The Morgan fingerprint density at radius 1 is 1.36 bits per heavy atom. The monoisotopic (exact) mass is 300 g/mol. The number of aromatic nitrogens is 2. The summed E-state index contributed by atoms with van der Waals surface area (Å²) in [5, 5.41) is 19.4. The van der Waals surface area contributed by atoms with Crippen molar-refractivity contribution in [2.45, 2.75) is 39.0 Å². The van der Waals surface area contributed by atoms with E-state index in [0.717, 1.165) is 50.2 Å². The Labute approximate surface area is 129 Å². The van der Waals surface area contributed by atoms with Crippen molar-refractivity contribution in [3.63, 3.8) is 0 Å². The van der Waals surface area contributed by atoms with Gasteiger partial charge in [-0.25, -0.2) is 4.68 Å². The van der Waals surface area contributed by atoms with E-state index >= 15 is 0 Å². The number of hydrogen-bond donors (Lipinski definition) is 1. The van der Waals surface area contributed by atoms with E-state index in [9.17, 15) is 10.1 Å². The lowest BCUT2D eigenvalue weighted by Gasteiger charge is -2.09. The summed E-state index contributed by atoms with van der Waals surface area (Å²) >= 11 is 0. The molecule has 2 aromatic rings. The molecule has 1 aliphatic heterocycles. The Morgan fingerprint density at radius 2 is 2.18 bits per heavy atom. The average molecular weight is 300 g/mol. The molecule has 1 aromatic heterocycles. The molecule has 0 atom stereocenters. The Hall–Kier alpha value is -2.37. The van der Waals surface area contributed by atoms with Crippen LogP contribution < -0.4 is 5.32 Å². The number of rotatable bonds is 4. The molecule has 0 bridgehead atoms. The largest absolute Gasteiger partial charge is 0.370 e. The van der Waals surface area contributed by atoms with Gasteiger partial charge in [0.1, 0.15) is 11.5 Å². The van der Waals surface area contributed by atoms with E-state index < -0.39 is 0 Å². The number of nitrogens with zero attached hydrogens (tertiary/aromatic N) is 3. The third-order valence-corrected chi connectivity index (χ3v) is 4.01. The van der Waals surface area contributed by atoms with Crippen LogP contribution in [0.1, 0.15) is 37.4 Å². The molecule has 6 heteroatoms. The number of fused-ring (bicyclic) bond motifs is 1. The van der Waals surface area contributed by atoms with Gasteiger partial charge < -0.3 is 5.32 Å². The normalized spacial score (nSPS) is 14.0. The molecule has 1 aromatic carbocycles. The van der Waals surface area contributed by atoms with Crippen LogP contribution in [0.15, 0.2) is 24.3 Å². The van der Waals surface area contributed by atoms with Gasteiger partial charge in [-0.3, -0.25) is 10.1 Å². The molecule has 0 radical (unpaired) electrons. The van der Waals surface area contributed by atoms with Crippen molar-refractivity contribution < 1.29 is 4.92 Å². The summed E-state index contributed by atoms with van der Waals surface area (Å²) < 4.78 is 1.73. The van der Waals surface area contributed by atoms with Gasteiger partial charge in [-0.1, -0.05) is 25.5 Å². The first-order valence-corrected chi connectivity index (χ1v) is 7.80. The van der Waals surface area contributed by atoms with Gasteiger partial charge >= 0.3 is 0 Å². The van der Waals surface area contributed by atoms with Crippen LogP contribution in [0.25, 0.3) is 5.69 Å². The van der Waals surface area contributed by atoms with Gasteiger partial charge in [0.15, 0.2) is 0 Å². The van der Waals surface area contributed by atoms with Crippen LogP contribution in [0.3, 0.4) is 0 Å². The average Bonchev–Trinajstić information content (AvgIpc) is 2.71. The second kappa shape index (κ2) is 6.17. The highest BCUT2D eigenvalue weighted by molar-refractivity contribution is 5.60. The quantitative estimate of drug-likeness (QED) is 0.693. The zero-order valence-electron chi connectivity index (χ0n) is 12.7. The molecule has 0 spiro atoms. The first-order chi connectivity index (χ1) is 10.7. The van der Waals surface area contributed by atoms with Gasteiger partial charge in [0.2, 0.25) is 0 Å². The Balaban J connectivity index is 2.17. The molecule has 0 aliphatic carbocycles. The number of nitrogens with one attached hydrogen (secondary N) is 1. The maximum absolute atomic E-state index is 11.3. The maximum atomic E-state index is 11.3. The van der Waals surface area contributed by atoms with Crippen molar-refractivity contribution in [1.82, 2.24) is 9.78 Å². The van der Waals surface area contributed by atoms with Gasteiger partial charge in [0.05, 0.1) is 10.6 Å². The van der Waals surface area contributed by atoms with Crippen molar-refractivity contribution in [1.29, 1.82) is 0 Å². The van der Waals surface area contributed by atoms with Crippen LogP contribution in [0, 0.1) is 10.1 Å². The highest BCUT2D eigenvalue weighted by atomic mass is 16.6. The van der Waals surface area contributed by atoms with Crippen LogP contribution in [0.4, 0.5) is 11.5 Å². The fourth-order valence-corrected chi connectivity index (χ4v) is 2.98. The van der Waals surface area contributed by atoms with Crippen LogP contribution in [-0.4, -0.2) is 21.2 Å². The number of nitro groups is 1. The number of hydrogen-bond acceptors (Lipinski definition) is 4. The Kier molecular flexibility index (Phi) is 4.09. The molecule has 2 heterocycles. The van der Waals surface area contributed by atoms with Gasteiger partial charge in [-0.15, -0.1) is 0 Å². The third-order valence-electron chi connectivity index (χ3n) is 4.01. The predicted octanol–water partition coefficient (Wildman–Crippen LogP) is 3.48. The molecular formula is C16H20N4O2. The summed E-state index contributed by atoms with van der Waals surface area (Å²) in [7, 11) is 0. The van der Waals surface area contributed by atoms with Crippen molar-refractivity contribution in [3.8, 4) is 5.69 Å². The summed E-state index contributed by atoms with van der Waals surface area (Å²) in [6.07, 6.45) is 5.13. The van der Waals surface area contributed by atoms with Crippen molar-refractivity contribution in [2.75, 3.05) is 11.9 Å². The molecule has 116 valence electrons. The van der Waals surface area contributed by atoms with Crippen molar-refractivity contribution in [2.24, 2.45) is 0 Å². The van der Waals surface area contributed by atoms with E-state index in [1.165, 1.54) is 11.6 Å². The van der Waals surface area contributed by atoms with E-state index in [0.29, 0.717) is 5.69 Å². The van der Waals surface area contributed by atoms with Crippen LogP contribution in [0.2, 0.25) is 0 Å². The molecule has 0 saturated heterocycles. The third kappa shape index (κ3) is 2.56. The number of aryl methyl sites for hydroxylation is 1. The highest BCUT2D eigenvalue weighted by Crippen LogP contribution is 2.32.